The number of nitrogens with zero attached hydrogens (tertiary/aromatic N) is 3. The number of carbonyl (C=O) groups is 2. The molecule has 0 aliphatic carbocycles. The minimum atomic E-state index is -0.305. The van der Waals surface area contributed by atoms with Crippen molar-refractivity contribution in [3.05, 3.63) is 16.1 Å². The van der Waals surface area contributed by atoms with Crippen LogP contribution in [0.5, 0.6) is 0 Å². The van der Waals surface area contributed by atoms with Gasteiger partial charge in [0.05, 0.1) is 6.04 Å². The second-order valence-corrected chi connectivity index (χ2v) is 9.84. The van der Waals surface area contributed by atoms with Gasteiger partial charge in [0.25, 0.3) is 5.91 Å². The topological polar surface area (TPSA) is 65.5 Å². The lowest BCUT2D eigenvalue weighted by Crippen LogP contribution is -2.52. The third kappa shape index (κ3) is 3.71. The standard InChI is InChI=1S/C21H32N4O2S/c1-15(2)13-16(23-20(27)21-7-5-11-25(21)12-6-8-21)18-22-17(14-28-18)19(26)24-9-3-4-10-24/h14-16H,3-13H2,1-2H3,(H,23,27)/t16-/m1/s1. The Morgan fingerprint density at radius 3 is 2.46 bits per heavy atom. The van der Waals surface area contributed by atoms with E-state index in [1.165, 1.54) is 11.3 Å². The second-order valence-electron chi connectivity index (χ2n) is 8.95. The first kappa shape index (κ1) is 19.8. The van der Waals surface area contributed by atoms with Crippen molar-refractivity contribution in [1.29, 1.82) is 0 Å². The highest BCUT2D eigenvalue weighted by Gasteiger charge is 2.50. The molecule has 3 aliphatic heterocycles. The lowest BCUT2D eigenvalue weighted by atomic mass is 9.92. The van der Waals surface area contributed by atoms with Crippen LogP contribution in [-0.2, 0) is 4.79 Å². The Hall–Kier alpha value is -1.47. The smallest absolute Gasteiger partial charge is 0.273 e. The molecule has 3 aliphatic rings. The molecule has 0 radical (unpaired) electrons. The van der Waals surface area contributed by atoms with Gasteiger partial charge in [0.2, 0.25) is 5.91 Å². The van der Waals surface area contributed by atoms with Crippen LogP contribution in [0.2, 0.25) is 0 Å². The maximum Gasteiger partial charge on any atom is 0.273 e. The fourth-order valence-corrected chi connectivity index (χ4v) is 5.95. The summed E-state index contributed by atoms with van der Waals surface area (Å²) in [6, 6.07) is -0.116. The molecular formula is C21H32N4O2S. The van der Waals surface area contributed by atoms with Gasteiger partial charge in [-0.2, -0.15) is 0 Å². The number of likely N-dealkylation sites (tertiary alicyclic amines) is 1. The molecule has 0 unspecified atom stereocenters. The van der Waals surface area contributed by atoms with Crippen molar-refractivity contribution in [2.45, 2.75) is 70.4 Å². The van der Waals surface area contributed by atoms with Gasteiger partial charge in [-0.3, -0.25) is 14.5 Å². The first-order chi connectivity index (χ1) is 13.5. The molecule has 1 N–H and O–H groups in total. The normalized spacial score (nSPS) is 22.6. The third-order valence-corrected chi connectivity index (χ3v) is 7.47. The fourth-order valence-electron chi connectivity index (χ4n) is 5.09. The summed E-state index contributed by atoms with van der Waals surface area (Å²) in [7, 11) is 0. The summed E-state index contributed by atoms with van der Waals surface area (Å²) in [5.74, 6) is 0.634. The molecular weight excluding hydrogens is 372 g/mol. The number of nitrogens with one attached hydrogen (secondary N) is 1. The van der Waals surface area contributed by atoms with Gasteiger partial charge in [0.1, 0.15) is 16.2 Å². The molecule has 154 valence electrons. The van der Waals surface area contributed by atoms with E-state index in [-0.39, 0.29) is 23.4 Å². The number of thiazole rings is 1. The van der Waals surface area contributed by atoms with Crippen molar-refractivity contribution < 1.29 is 9.59 Å². The first-order valence-electron chi connectivity index (χ1n) is 10.8. The van der Waals surface area contributed by atoms with Crippen molar-refractivity contribution in [2.75, 3.05) is 26.2 Å². The van der Waals surface area contributed by atoms with Crippen LogP contribution in [0.15, 0.2) is 5.38 Å². The van der Waals surface area contributed by atoms with E-state index < -0.39 is 0 Å². The molecule has 1 aromatic rings. The monoisotopic (exact) mass is 404 g/mol. The minimum absolute atomic E-state index is 0.0333. The van der Waals surface area contributed by atoms with Crippen LogP contribution in [0.4, 0.5) is 0 Å². The van der Waals surface area contributed by atoms with E-state index >= 15 is 0 Å². The lowest BCUT2D eigenvalue weighted by Gasteiger charge is -2.32. The lowest BCUT2D eigenvalue weighted by molar-refractivity contribution is -0.131. The fraction of sp³-hybridized carbons (Fsp3) is 0.762. The van der Waals surface area contributed by atoms with Crippen LogP contribution >= 0.6 is 11.3 Å². The van der Waals surface area contributed by atoms with E-state index in [1.54, 1.807) is 0 Å². The Bertz CT molecular complexity index is 716. The highest BCUT2D eigenvalue weighted by Crippen LogP contribution is 2.39. The van der Waals surface area contributed by atoms with Crippen molar-refractivity contribution >= 4 is 23.2 Å². The SMILES string of the molecule is CC(C)C[C@@H](NC(=O)C12CCCN1CCC2)c1nc(C(=O)N2CCCC2)cs1. The van der Waals surface area contributed by atoms with E-state index in [1.807, 2.05) is 10.3 Å². The van der Waals surface area contributed by atoms with Crippen molar-refractivity contribution in [1.82, 2.24) is 20.1 Å². The highest BCUT2D eigenvalue weighted by atomic mass is 32.1. The zero-order valence-corrected chi connectivity index (χ0v) is 17.9. The van der Waals surface area contributed by atoms with Crippen molar-refractivity contribution in [3.63, 3.8) is 0 Å². The zero-order valence-electron chi connectivity index (χ0n) is 17.1. The number of carbonyl (C=O) groups excluding carboxylic acids is 2. The molecule has 0 bridgehead atoms. The van der Waals surface area contributed by atoms with E-state index in [2.05, 4.69) is 29.0 Å². The Morgan fingerprint density at radius 2 is 1.82 bits per heavy atom. The van der Waals surface area contributed by atoms with Gasteiger partial charge in [-0.1, -0.05) is 13.8 Å². The molecule has 28 heavy (non-hydrogen) atoms. The van der Waals surface area contributed by atoms with Gasteiger partial charge >= 0.3 is 0 Å². The summed E-state index contributed by atoms with van der Waals surface area (Å²) in [6.45, 7) is 8.06. The van der Waals surface area contributed by atoms with Crippen molar-refractivity contribution in [2.24, 2.45) is 5.92 Å². The quantitative estimate of drug-likeness (QED) is 0.791. The number of rotatable bonds is 6. The van der Waals surface area contributed by atoms with E-state index in [0.29, 0.717) is 11.6 Å². The summed E-state index contributed by atoms with van der Waals surface area (Å²) < 4.78 is 0. The van der Waals surface area contributed by atoms with Gasteiger partial charge in [0.15, 0.2) is 0 Å². The molecule has 2 amide bonds. The molecule has 4 heterocycles. The van der Waals surface area contributed by atoms with Crippen LogP contribution in [0, 0.1) is 5.92 Å². The molecule has 7 heteroatoms. The molecule has 3 saturated heterocycles. The maximum absolute atomic E-state index is 13.3. The highest BCUT2D eigenvalue weighted by molar-refractivity contribution is 7.09. The van der Waals surface area contributed by atoms with Gasteiger partial charge in [-0.05, 0) is 64.0 Å². The number of hydrogen-bond acceptors (Lipinski definition) is 5. The summed E-state index contributed by atoms with van der Waals surface area (Å²) in [5.41, 5.74) is 0.229. The minimum Gasteiger partial charge on any atom is -0.345 e. The van der Waals surface area contributed by atoms with Crippen molar-refractivity contribution in [3.8, 4) is 0 Å². The summed E-state index contributed by atoms with van der Waals surface area (Å²) in [6.07, 6.45) is 7.13. The first-order valence-corrected chi connectivity index (χ1v) is 11.7. The summed E-state index contributed by atoms with van der Waals surface area (Å²) >= 11 is 1.51. The molecule has 0 spiro atoms. The molecule has 0 saturated carbocycles. The van der Waals surface area contributed by atoms with Gasteiger partial charge in [0, 0.05) is 18.5 Å². The molecule has 1 aromatic heterocycles. The predicted octanol–water partition coefficient (Wildman–Crippen LogP) is 3.21. The Morgan fingerprint density at radius 1 is 1.14 bits per heavy atom. The van der Waals surface area contributed by atoms with Gasteiger partial charge in [-0.15, -0.1) is 11.3 Å². The van der Waals surface area contributed by atoms with Gasteiger partial charge < -0.3 is 10.2 Å². The number of aromatic nitrogens is 1. The zero-order chi connectivity index (χ0) is 19.7. The Labute approximate surface area is 171 Å². The van der Waals surface area contributed by atoms with E-state index in [9.17, 15) is 9.59 Å². The Balaban J connectivity index is 1.50. The third-order valence-electron chi connectivity index (χ3n) is 6.51. The molecule has 1 atom stereocenters. The number of hydrogen-bond donors (Lipinski definition) is 1. The maximum atomic E-state index is 13.3. The van der Waals surface area contributed by atoms with Crippen LogP contribution in [-0.4, -0.2) is 58.3 Å². The summed E-state index contributed by atoms with van der Waals surface area (Å²) in [5, 5.41) is 6.06. The van der Waals surface area contributed by atoms with Crippen LogP contribution in [0.3, 0.4) is 0 Å². The van der Waals surface area contributed by atoms with Crippen LogP contribution in [0.1, 0.15) is 80.3 Å². The largest absolute Gasteiger partial charge is 0.345 e. The molecule has 3 fully saturated rings. The number of amides is 2. The molecule has 4 rings (SSSR count). The second kappa shape index (κ2) is 8.11. The summed E-state index contributed by atoms with van der Waals surface area (Å²) in [4.78, 5) is 34.9. The molecule has 6 nitrogen and oxygen atoms in total. The molecule has 0 aromatic carbocycles. The average Bonchev–Trinajstić information content (AvgIpc) is 3.44. The van der Waals surface area contributed by atoms with Gasteiger partial charge in [-0.25, -0.2) is 4.98 Å². The van der Waals surface area contributed by atoms with E-state index in [4.69, 9.17) is 0 Å². The average molecular weight is 405 g/mol. The van der Waals surface area contributed by atoms with Crippen LogP contribution < -0.4 is 5.32 Å². The van der Waals surface area contributed by atoms with Crippen LogP contribution in [0.25, 0.3) is 0 Å². The predicted molar refractivity (Wildman–Crippen MR) is 110 cm³/mol. The Kier molecular flexibility index (Phi) is 5.74. The number of fused-ring (bicyclic) bond motifs is 1. The van der Waals surface area contributed by atoms with E-state index in [0.717, 1.165) is 76.1 Å².